The summed E-state index contributed by atoms with van der Waals surface area (Å²) in [7, 11) is -3.02. The summed E-state index contributed by atoms with van der Waals surface area (Å²) in [6.45, 7) is 2.54. The van der Waals surface area contributed by atoms with Crippen molar-refractivity contribution in [3.8, 4) is 10.6 Å². The zero-order valence-electron chi connectivity index (χ0n) is 13.5. The molecule has 1 unspecified atom stereocenters. The molecule has 7 heteroatoms. The van der Waals surface area contributed by atoms with E-state index in [-0.39, 0.29) is 23.5 Å². The lowest BCUT2D eigenvalue weighted by Gasteiger charge is -2.27. The Labute approximate surface area is 146 Å². The van der Waals surface area contributed by atoms with Crippen LogP contribution in [-0.2, 0) is 9.84 Å². The molecule has 1 saturated heterocycles. The van der Waals surface area contributed by atoms with Crippen molar-refractivity contribution in [2.45, 2.75) is 25.8 Å². The van der Waals surface area contributed by atoms with E-state index in [1.54, 1.807) is 10.3 Å². The number of aromatic nitrogens is 1. The maximum absolute atomic E-state index is 12.9. The van der Waals surface area contributed by atoms with Crippen molar-refractivity contribution in [3.63, 3.8) is 0 Å². The zero-order valence-corrected chi connectivity index (χ0v) is 15.1. The molecule has 0 spiro atoms. The molecule has 0 N–H and O–H groups in total. The lowest BCUT2D eigenvalue weighted by Crippen LogP contribution is -2.41. The topological polar surface area (TPSA) is 67.3 Å². The lowest BCUT2D eigenvalue weighted by atomic mass is 10.2. The molecule has 2 aromatic rings. The summed E-state index contributed by atoms with van der Waals surface area (Å²) in [4.78, 5) is 19.0. The van der Waals surface area contributed by atoms with E-state index in [1.165, 1.54) is 11.3 Å². The second kappa shape index (κ2) is 7.03. The van der Waals surface area contributed by atoms with Gasteiger partial charge in [0.25, 0.3) is 5.91 Å². The van der Waals surface area contributed by atoms with Crippen molar-refractivity contribution in [2.24, 2.45) is 0 Å². The van der Waals surface area contributed by atoms with Crippen molar-refractivity contribution >= 4 is 27.1 Å². The average Bonchev–Trinajstić information content (AvgIpc) is 3.19. The molecule has 2 heterocycles. The quantitative estimate of drug-likeness (QED) is 0.818. The Bertz CT molecular complexity index is 815. The van der Waals surface area contributed by atoms with Gasteiger partial charge in [-0.15, -0.1) is 11.3 Å². The second-order valence-corrected chi connectivity index (χ2v) is 9.05. The number of nitrogens with zero attached hydrogens (tertiary/aromatic N) is 2. The third-order valence-electron chi connectivity index (χ3n) is 4.12. The molecule has 1 amide bonds. The molecule has 0 bridgehead atoms. The van der Waals surface area contributed by atoms with Gasteiger partial charge < -0.3 is 4.90 Å². The molecular weight excluding hydrogens is 344 g/mol. The molecule has 1 fully saturated rings. The summed E-state index contributed by atoms with van der Waals surface area (Å²) in [6, 6.07) is 9.49. The summed E-state index contributed by atoms with van der Waals surface area (Å²) in [5.74, 6) is 0.0590. The van der Waals surface area contributed by atoms with E-state index < -0.39 is 9.84 Å². The summed E-state index contributed by atoms with van der Waals surface area (Å²) in [5, 5.41) is 2.56. The van der Waals surface area contributed by atoms with Crippen LogP contribution in [0.25, 0.3) is 10.6 Å². The Morgan fingerprint density at radius 1 is 1.33 bits per heavy atom. The minimum Gasteiger partial charge on any atom is -0.333 e. The van der Waals surface area contributed by atoms with Gasteiger partial charge in [0.1, 0.15) is 10.7 Å². The first kappa shape index (κ1) is 17.1. The Morgan fingerprint density at radius 2 is 2.08 bits per heavy atom. The number of carbonyl (C=O) groups excluding carboxylic acids is 1. The van der Waals surface area contributed by atoms with Crippen LogP contribution in [0.15, 0.2) is 35.7 Å². The number of benzene rings is 1. The van der Waals surface area contributed by atoms with E-state index in [1.807, 2.05) is 37.3 Å². The Kier molecular flexibility index (Phi) is 5.01. The van der Waals surface area contributed by atoms with Crippen molar-refractivity contribution in [3.05, 3.63) is 41.4 Å². The first-order valence-electron chi connectivity index (χ1n) is 8.02. The molecule has 128 valence electrons. The van der Waals surface area contributed by atoms with Gasteiger partial charge in [0.2, 0.25) is 0 Å². The number of amides is 1. The van der Waals surface area contributed by atoms with Gasteiger partial charge in [-0.25, -0.2) is 13.4 Å². The SMILES string of the molecule is CCCN(C(=O)c1csc(-c2ccccc2)n1)C1CCS(=O)(=O)C1. The third-order valence-corrected chi connectivity index (χ3v) is 6.76. The highest BCUT2D eigenvalue weighted by Crippen LogP contribution is 2.25. The van der Waals surface area contributed by atoms with Gasteiger partial charge in [0.05, 0.1) is 11.5 Å². The molecule has 1 atom stereocenters. The van der Waals surface area contributed by atoms with Crippen molar-refractivity contribution < 1.29 is 13.2 Å². The molecule has 0 radical (unpaired) electrons. The monoisotopic (exact) mass is 364 g/mol. The minimum absolute atomic E-state index is 0.0639. The molecule has 1 aliphatic rings. The van der Waals surface area contributed by atoms with Crippen LogP contribution < -0.4 is 0 Å². The Morgan fingerprint density at radius 3 is 2.71 bits per heavy atom. The van der Waals surface area contributed by atoms with E-state index in [0.29, 0.717) is 18.7 Å². The largest absolute Gasteiger partial charge is 0.333 e. The van der Waals surface area contributed by atoms with Crippen LogP contribution in [0, 0.1) is 0 Å². The van der Waals surface area contributed by atoms with Gasteiger partial charge in [-0.1, -0.05) is 37.3 Å². The van der Waals surface area contributed by atoms with Crippen LogP contribution >= 0.6 is 11.3 Å². The molecule has 1 aromatic heterocycles. The number of hydrogen-bond donors (Lipinski definition) is 0. The van der Waals surface area contributed by atoms with E-state index in [0.717, 1.165) is 17.0 Å². The lowest BCUT2D eigenvalue weighted by molar-refractivity contribution is 0.0692. The van der Waals surface area contributed by atoms with E-state index in [9.17, 15) is 13.2 Å². The molecule has 0 saturated carbocycles. The molecule has 24 heavy (non-hydrogen) atoms. The van der Waals surface area contributed by atoms with E-state index in [2.05, 4.69) is 4.98 Å². The molecular formula is C17H20N2O3S2. The highest BCUT2D eigenvalue weighted by molar-refractivity contribution is 7.91. The number of sulfone groups is 1. The molecule has 0 aliphatic carbocycles. The van der Waals surface area contributed by atoms with Gasteiger partial charge >= 0.3 is 0 Å². The Balaban J connectivity index is 1.82. The van der Waals surface area contributed by atoms with Crippen molar-refractivity contribution in [1.29, 1.82) is 0 Å². The smallest absolute Gasteiger partial charge is 0.273 e. The fraction of sp³-hybridized carbons (Fsp3) is 0.412. The average molecular weight is 364 g/mol. The second-order valence-electron chi connectivity index (χ2n) is 5.96. The number of hydrogen-bond acceptors (Lipinski definition) is 5. The summed E-state index contributed by atoms with van der Waals surface area (Å²) < 4.78 is 23.5. The van der Waals surface area contributed by atoms with Crippen LogP contribution in [0.2, 0.25) is 0 Å². The highest BCUT2D eigenvalue weighted by atomic mass is 32.2. The number of rotatable bonds is 5. The minimum atomic E-state index is -3.02. The molecule has 3 rings (SSSR count). The van der Waals surface area contributed by atoms with Crippen LogP contribution in [0.4, 0.5) is 0 Å². The summed E-state index contributed by atoms with van der Waals surface area (Å²) in [5.41, 5.74) is 1.38. The first-order valence-corrected chi connectivity index (χ1v) is 10.7. The predicted octanol–water partition coefficient (Wildman–Crippen LogP) is 2.85. The van der Waals surface area contributed by atoms with E-state index in [4.69, 9.17) is 0 Å². The van der Waals surface area contributed by atoms with Gasteiger partial charge in [0.15, 0.2) is 9.84 Å². The predicted molar refractivity (Wildman–Crippen MR) is 95.9 cm³/mol. The Hall–Kier alpha value is -1.73. The molecule has 1 aromatic carbocycles. The van der Waals surface area contributed by atoms with Crippen LogP contribution in [-0.4, -0.2) is 48.3 Å². The van der Waals surface area contributed by atoms with E-state index >= 15 is 0 Å². The van der Waals surface area contributed by atoms with Crippen molar-refractivity contribution in [1.82, 2.24) is 9.88 Å². The molecule has 1 aliphatic heterocycles. The number of thiazole rings is 1. The standard InChI is InChI=1S/C17H20N2O3S2/c1-2-9-19(14-8-10-24(21,22)12-14)17(20)15-11-23-16(18-15)13-6-4-3-5-7-13/h3-7,11,14H,2,8-10,12H2,1H3. The maximum Gasteiger partial charge on any atom is 0.273 e. The zero-order chi connectivity index (χ0) is 17.2. The van der Waals surface area contributed by atoms with Crippen LogP contribution in [0.1, 0.15) is 30.3 Å². The maximum atomic E-state index is 12.9. The number of carbonyl (C=O) groups is 1. The highest BCUT2D eigenvalue weighted by Gasteiger charge is 2.35. The fourth-order valence-corrected chi connectivity index (χ4v) is 5.48. The summed E-state index contributed by atoms with van der Waals surface area (Å²) in [6.07, 6.45) is 1.31. The van der Waals surface area contributed by atoms with Crippen molar-refractivity contribution in [2.75, 3.05) is 18.1 Å². The third kappa shape index (κ3) is 3.67. The van der Waals surface area contributed by atoms with Gasteiger partial charge in [0, 0.05) is 23.5 Å². The van der Waals surface area contributed by atoms with Gasteiger partial charge in [-0.05, 0) is 12.8 Å². The summed E-state index contributed by atoms with van der Waals surface area (Å²) >= 11 is 1.43. The molecule has 5 nitrogen and oxygen atoms in total. The normalized spacial score (nSPS) is 19.3. The fourth-order valence-electron chi connectivity index (χ4n) is 2.94. The van der Waals surface area contributed by atoms with Crippen LogP contribution in [0.5, 0.6) is 0 Å². The first-order chi connectivity index (χ1) is 11.5. The van der Waals surface area contributed by atoms with Gasteiger partial charge in [-0.2, -0.15) is 0 Å². The van der Waals surface area contributed by atoms with Gasteiger partial charge in [-0.3, -0.25) is 4.79 Å². The van der Waals surface area contributed by atoms with Crippen LogP contribution in [0.3, 0.4) is 0 Å².